The van der Waals surface area contributed by atoms with Crippen LogP contribution in [-0.4, -0.2) is 25.5 Å². The molecule has 5 nitrogen and oxygen atoms in total. The van der Waals surface area contributed by atoms with Crippen molar-refractivity contribution in [1.82, 2.24) is 10.6 Å². The van der Waals surface area contributed by atoms with E-state index >= 15 is 0 Å². The van der Waals surface area contributed by atoms with Crippen molar-refractivity contribution in [3.8, 4) is 5.75 Å². The molecule has 0 saturated heterocycles. The van der Waals surface area contributed by atoms with Crippen molar-refractivity contribution >= 4 is 35.0 Å². The summed E-state index contributed by atoms with van der Waals surface area (Å²) in [5.41, 5.74) is 1.47. The summed E-state index contributed by atoms with van der Waals surface area (Å²) < 4.78 is 5.16. The molecule has 0 fully saturated rings. The Morgan fingerprint density at radius 1 is 1.07 bits per heavy atom. The van der Waals surface area contributed by atoms with Crippen LogP contribution in [0.3, 0.4) is 0 Å². The van der Waals surface area contributed by atoms with Gasteiger partial charge in [-0.3, -0.25) is 9.59 Å². The van der Waals surface area contributed by atoms with Gasteiger partial charge in [-0.15, -0.1) is 0 Å². The molecule has 0 radical (unpaired) electrons. The second kappa shape index (κ2) is 9.99. The lowest BCUT2D eigenvalue weighted by atomic mass is 9.84. The molecule has 156 valence electrons. The maximum Gasteiger partial charge on any atom is 0.222 e. The minimum absolute atomic E-state index is 0.128. The third kappa shape index (κ3) is 6.65. The maximum absolute atomic E-state index is 12.6. The van der Waals surface area contributed by atoms with Gasteiger partial charge >= 0.3 is 0 Å². The first-order valence-electron chi connectivity index (χ1n) is 9.25. The Morgan fingerprint density at radius 3 is 2.28 bits per heavy atom. The fourth-order valence-electron chi connectivity index (χ4n) is 2.93. The average molecular weight is 437 g/mol. The van der Waals surface area contributed by atoms with E-state index in [1.54, 1.807) is 25.3 Å². The molecule has 1 unspecified atom stereocenters. The molecule has 2 rings (SSSR count). The number of methoxy groups -OCH3 is 1. The van der Waals surface area contributed by atoms with Gasteiger partial charge in [0.25, 0.3) is 0 Å². The van der Waals surface area contributed by atoms with Crippen LogP contribution in [0.1, 0.15) is 44.4 Å². The van der Waals surface area contributed by atoms with Gasteiger partial charge in [-0.1, -0.05) is 55.2 Å². The van der Waals surface area contributed by atoms with Crippen LogP contribution in [0.25, 0.3) is 0 Å². The molecule has 29 heavy (non-hydrogen) atoms. The van der Waals surface area contributed by atoms with Gasteiger partial charge in [-0.25, -0.2) is 0 Å². The summed E-state index contributed by atoms with van der Waals surface area (Å²) in [5.74, 6) is 0.352. The zero-order valence-corrected chi connectivity index (χ0v) is 18.5. The number of amides is 2. The molecule has 2 N–H and O–H groups in total. The molecule has 0 aliphatic rings. The highest BCUT2D eigenvalue weighted by Gasteiger charge is 2.24. The monoisotopic (exact) mass is 436 g/mol. The van der Waals surface area contributed by atoms with Gasteiger partial charge in [-0.2, -0.15) is 0 Å². The predicted octanol–water partition coefficient (Wildman–Crippen LogP) is 4.66. The molecule has 1 atom stereocenters. The molecule has 0 saturated carbocycles. The molecular formula is C22H26Cl2N2O3. The van der Waals surface area contributed by atoms with Crippen LogP contribution in [0.4, 0.5) is 0 Å². The molecule has 0 spiro atoms. The lowest BCUT2D eigenvalue weighted by Gasteiger charge is -2.27. The molecule has 0 aromatic heterocycles. The zero-order valence-electron chi connectivity index (χ0n) is 17.0. The van der Waals surface area contributed by atoms with Crippen molar-refractivity contribution in [2.45, 2.75) is 38.6 Å². The van der Waals surface area contributed by atoms with Gasteiger partial charge < -0.3 is 15.4 Å². The van der Waals surface area contributed by atoms with Gasteiger partial charge in [0, 0.05) is 18.9 Å². The highest BCUT2D eigenvalue weighted by Crippen LogP contribution is 2.29. The molecular weight excluding hydrogens is 411 g/mol. The molecule has 2 amide bonds. The topological polar surface area (TPSA) is 67.4 Å². The van der Waals surface area contributed by atoms with Gasteiger partial charge in [0.2, 0.25) is 11.8 Å². The molecule has 2 aromatic carbocycles. The van der Waals surface area contributed by atoms with Crippen molar-refractivity contribution in [3.63, 3.8) is 0 Å². The first-order valence-corrected chi connectivity index (χ1v) is 10.0. The summed E-state index contributed by atoms with van der Waals surface area (Å²) >= 11 is 12.1. The summed E-state index contributed by atoms with van der Waals surface area (Å²) in [4.78, 5) is 24.2. The van der Waals surface area contributed by atoms with Crippen molar-refractivity contribution < 1.29 is 14.3 Å². The van der Waals surface area contributed by atoms with Gasteiger partial charge in [0.15, 0.2) is 0 Å². The van der Waals surface area contributed by atoms with Gasteiger partial charge in [0.05, 0.1) is 29.6 Å². The predicted molar refractivity (Wildman–Crippen MR) is 117 cm³/mol. The summed E-state index contributed by atoms with van der Waals surface area (Å²) in [6, 6.07) is 12.3. The number of benzene rings is 2. The van der Waals surface area contributed by atoms with Crippen molar-refractivity contribution in [2.24, 2.45) is 0 Å². The first-order chi connectivity index (χ1) is 13.6. The van der Waals surface area contributed by atoms with Crippen LogP contribution in [0.2, 0.25) is 10.0 Å². The normalized spacial score (nSPS) is 12.2. The van der Waals surface area contributed by atoms with Crippen molar-refractivity contribution in [3.05, 3.63) is 63.6 Å². The number of ether oxygens (including phenoxy) is 1. The van der Waals surface area contributed by atoms with E-state index in [-0.39, 0.29) is 23.7 Å². The quantitative estimate of drug-likeness (QED) is 0.631. The smallest absolute Gasteiger partial charge is 0.222 e. The number of hydrogen-bond donors (Lipinski definition) is 2. The highest BCUT2D eigenvalue weighted by atomic mass is 35.5. The standard InChI is InChI=1S/C22H26Cl2N2O3/c1-14(27)26-20(15-5-8-17(29-4)9-6-15)12-21(28)25-13-22(2,3)16-7-10-18(23)19(24)11-16/h5-11,20H,12-13H2,1-4H3,(H,25,28)(H,26,27). The Morgan fingerprint density at radius 2 is 1.72 bits per heavy atom. The van der Waals surface area contributed by atoms with Crippen LogP contribution in [0.15, 0.2) is 42.5 Å². The number of halogens is 2. The van der Waals surface area contributed by atoms with Gasteiger partial charge in [0.1, 0.15) is 5.75 Å². The summed E-state index contributed by atoms with van der Waals surface area (Å²) in [5, 5.41) is 6.77. The van der Waals surface area contributed by atoms with E-state index < -0.39 is 6.04 Å². The number of rotatable bonds is 8. The van der Waals surface area contributed by atoms with Crippen LogP contribution in [-0.2, 0) is 15.0 Å². The van der Waals surface area contributed by atoms with E-state index in [1.807, 2.05) is 38.1 Å². The fourth-order valence-corrected chi connectivity index (χ4v) is 3.23. The first kappa shape index (κ1) is 23.0. The molecule has 0 bridgehead atoms. The fraction of sp³-hybridized carbons (Fsp3) is 0.364. The second-order valence-electron chi connectivity index (χ2n) is 7.52. The Balaban J connectivity index is 2.04. The number of hydrogen-bond acceptors (Lipinski definition) is 3. The van der Waals surface area contributed by atoms with Crippen LogP contribution in [0.5, 0.6) is 5.75 Å². The van der Waals surface area contributed by atoms with Crippen molar-refractivity contribution in [1.29, 1.82) is 0 Å². The molecule has 2 aromatic rings. The van der Waals surface area contributed by atoms with Gasteiger partial charge in [-0.05, 0) is 35.4 Å². The van der Waals surface area contributed by atoms with E-state index in [4.69, 9.17) is 27.9 Å². The summed E-state index contributed by atoms with van der Waals surface area (Å²) in [7, 11) is 1.59. The largest absolute Gasteiger partial charge is 0.497 e. The Hall–Kier alpha value is -2.24. The maximum atomic E-state index is 12.6. The minimum atomic E-state index is -0.425. The SMILES string of the molecule is COc1ccc(C(CC(=O)NCC(C)(C)c2ccc(Cl)c(Cl)c2)NC(C)=O)cc1. The summed E-state index contributed by atoms with van der Waals surface area (Å²) in [6.45, 7) is 5.88. The zero-order chi connectivity index (χ0) is 21.6. The molecule has 0 aliphatic heterocycles. The number of nitrogens with one attached hydrogen (secondary N) is 2. The van der Waals surface area contributed by atoms with E-state index in [9.17, 15) is 9.59 Å². The molecule has 7 heteroatoms. The van der Waals surface area contributed by atoms with Crippen LogP contribution in [0, 0.1) is 0 Å². The Bertz CT molecular complexity index is 867. The average Bonchev–Trinajstić information content (AvgIpc) is 2.67. The molecule has 0 heterocycles. The van der Waals surface area contributed by atoms with Crippen molar-refractivity contribution in [2.75, 3.05) is 13.7 Å². The lowest BCUT2D eigenvalue weighted by molar-refractivity contribution is -0.123. The highest BCUT2D eigenvalue weighted by molar-refractivity contribution is 6.42. The van der Waals surface area contributed by atoms with E-state index in [2.05, 4.69) is 10.6 Å². The Labute approximate surface area is 181 Å². The third-order valence-corrected chi connectivity index (χ3v) is 5.45. The second-order valence-corrected chi connectivity index (χ2v) is 8.33. The van der Waals surface area contributed by atoms with Crippen LogP contribution >= 0.6 is 23.2 Å². The number of carbonyl (C=O) groups is 2. The Kier molecular flexibility index (Phi) is 7.94. The summed E-state index contributed by atoms with van der Waals surface area (Å²) in [6.07, 6.45) is 0.128. The lowest BCUT2D eigenvalue weighted by Crippen LogP contribution is -2.39. The van der Waals surface area contributed by atoms with Crippen LogP contribution < -0.4 is 15.4 Å². The van der Waals surface area contributed by atoms with E-state index in [0.29, 0.717) is 22.3 Å². The van der Waals surface area contributed by atoms with E-state index in [1.165, 1.54) is 6.92 Å². The third-order valence-electron chi connectivity index (χ3n) is 4.71. The van der Waals surface area contributed by atoms with E-state index in [0.717, 1.165) is 11.1 Å². The molecule has 0 aliphatic carbocycles. The minimum Gasteiger partial charge on any atom is -0.497 e. The number of carbonyl (C=O) groups excluding carboxylic acids is 2.